The van der Waals surface area contributed by atoms with Gasteiger partial charge in [-0.2, -0.15) is 0 Å². The summed E-state index contributed by atoms with van der Waals surface area (Å²) in [6.07, 6.45) is 1.08. The topological polar surface area (TPSA) is 58.6 Å². The summed E-state index contributed by atoms with van der Waals surface area (Å²) in [7, 11) is 0. The van der Waals surface area contributed by atoms with Gasteiger partial charge in [0.25, 0.3) is 5.91 Å². The lowest BCUT2D eigenvalue weighted by Gasteiger charge is -2.16. The number of hydrogen-bond donors (Lipinski definition) is 1. The number of carbonyl (C=O) groups excluding carboxylic acids is 2. The minimum Gasteiger partial charge on any atom is -0.494 e. The van der Waals surface area contributed by atoms with Crippen molar-refractivity contribution in [1.82, 2.24) is 0 Å². The van der Waals surface area contributed by atoms with Gasteiger partial charge in [-0.25, -0.2) is 4.90 Å². The lowest BCUT2D eigenvalue weighted by Crippen LogP contribution is -2.34. The zero-order chi connectivity index (χ0) is 17.8. The third kappa shape index (κ3) is 3.65. The molecule has 2 amide bonds. The van der Waals surface area contributed by atoms with E-state index in [2.05, 4.69) is 12.2 Å². The van der Waals surface area contributed by atoms with E-state index < -0.39 is 6.04 Å². The molecule has 1 atom stereocenters. The van der Waals surface area contributed by atoms with Crippen molar-refractivity contribution < 1.29 is 14.3 Å². The van der Waals surface area contributed by atoms with Crippen LogP contribution in [0.25, 0.3) is 0 Å². The van der Waals surface area contributed by atoms with Crippen LogP contribution in [-0.2, 0) is 16.0 Å². The van der Waals surface area contributed by atoms with Gasteiger partial charge in [0.05, 0.1) is 18.7 Å². The molecule has 3 rings (SSSR count). The Morgan fingerprint density at radius 1 is 1.04 bits per heavy atom. The number of anilines is 2. The molecule has 1 aliphatic heterocycles. The fourth-order valence-electron chi connectivity index (χ4n) is 2.91. The van der Waals surface area contributed by atoms with E-state index in [1.54, 1.807) is 0 Å². The van der Waals surface area contributed by atoms with E-state index >= 15 is 0 Å². The summed E-state index contributed by atoms with van der Waals surface area (Å²) in [5.74, 6) is 0.375. The van der Waals surface area contributed by atoms with Crippen molar-refractivity contribution in [3.63, 3.8) is 0 Å². The molecule has 5 heteroatoms. The molecule has 0 aromatic heterocycles. The number of imide groups is 1. The highest BCUT2D eigenvalue weighted by atomic mass is 16.5. The number of benzene rings is 2. The third-order valence-corrected chi connectivity index (χ3v) is 4.26. The van der Waals surface area contributed by atoms with Gasteiger partial charge in [0.1, 0.15) is 11.8 Å². The van der Waals surface area contributed by atoms with Gasteiger partial charge in [0.2, 0.25) is 5.91 Å². The molecular weight excluding hydrogens is 316 g/mol. The van der Waals surface area contributed by atoms with E-state index in [1.165, 1.54) is 10.5 Å². The van der Waals surface area contributed by atoms with Crippen LogP contribution in [0.4, 0.5) is 11.4 Å². The Kier molecular flexibility index (Phi) is 5.03. The molecule has 1 heterocycles. The summed E-state index contributed by atoms with van der Waals surface area (Å²) < 4.78 is 5.41. The van der Waals surface area contributed by atoms with Gasteiger partial charge in [-0.15, -0.1) is 0 Å². The summed E-state index contributed by atoms with van der Waals surface area (Å²) >= 11 is 0. The van der Waals surface area contributed by atoms with Crippen LogP contribution in [-0.4, -0.2) is 24.5 Å². The van der Waals surface area contributed by atoms with Crippen LogP contribution in [0, 0.1) is 0 Å². The van der Waals surface area contributed by atoms with Gasteiger partial charge >= 0.3 is 0 Å². The van der Waals surface area contributed by atoms with Gasteiger partial charge in [-0.3, -0.25) is 9.59 Å². The quantitative estimate of drug-likeness (QED) is 0.820. The van der Waals surface area contributed by atoms with Crippen molar-refractivity contribution in [1.29, 1.82) is 0 Å². The van der Waals surface area contributed by atoms with Crippen LogP contribution in [0.15, 0.2) is 48.5 Å². The summed E-state index contributed by atoms with van der Waals surface area (Å²) in [4.78, 5) is 26.3. The van der Waals surface area contributed by atoms with E-state index in [4.69, 9.17) is 4.74 Å². The fraction of sp³-hybridized carbons (Fsp3) is 0.300. The second kappa shape index (κ2) is 7.38. The Balaban J connectivity index is 1.71. The highest BCUT2D eigenvalue weighted by molar-refractivity contribution is 6.23. The number of ether oxygens (including phenoxy) is 1. The molecule has 1 fully saturated rings. The number of nitrogens with one attached hydrogen (secondary N) is 1. The van der Waals surface area contributed by atoms with Crippen molar-refractivity contribution in [3.05, 3.63) is 54.1 Å². The molecule has 0 unspecified atom stereocenters. The highest BCUT2D eigenvalue weighted by Gasteiger charge is 2.39. The smallest absolute Gasteiger partial charge is 0.256 e. The van der Waals surface area contributed by atoms with Gasteiger partial charge in [-0.1, -0.05) is 19.1 Å². The maximum atomic E-state index is 12.7. The summed E-state index contributed by atoms with van der Waals surface area (Å²) in [6, 6.07) is 14.4. The zero-order valence-electron chi connectivity index (χ0n) is 14.5. The largest absolute Gasteiger partial charge is 0.494 e. The lowest BCUT2D eigenvalue weighted by molar-refractivity contribution is -0.121. The Labute approximate surface area is 147 Å². The number of carbonyl (C=O) groups is 2. The van der Waals surface area contributed by atoms with E-state index in [0.717, 1.165) is 17.9 Å². The molecule has 0 aliphatic carbocycles. The van der Waals surface area contributed by atoms with Crippen molar-refractivity contribution in [2.75, 3.05) is 16.8 Å². The van der Waals surface area contributed by atoms with Crippen LogP contribution in [0.2, 0.25) is 0 Å². The molecule has 0 spiro atoms. The standard InChI is InChI=1S/C20H22N2O3/c1-3-14-5-9-16(10-6-14)22-19(23)13-18(20(22)24)21-15-7-11-17(12-8-15)25-4-2/h5-12,18,21H,3-4,13H2,1-2H3/t18-/m1/s1. The lowest BCUT2D eigenvalue weighted by atomic mass is 10.1. The molecule has 5 nitrogen and oxygen atoms in total. The molecular formula is C20H22N2O3. The van der Waals surface area contributed by atoms with Crippen LogP contribution in [0.3, 0.4) is 0 Å². The number of aryl methyl sites for hydroxylation is 1. The number of nitrogens with zero attached hydrogens (tertiary/aromatic N) is 1. The first-order chi connectivity index (χ1) is 12.1. The molecule has 130 valence electrons. The van der Waals surface area contributed by atoms with Crippen molar-refractivity contribution >= 4 is 23.2 Å². The molecule has 0 saturated carbocycles. The molecule has 2 aromatic carbocycles. The number of amides is 2. The summed E-state index contributed by atoms with van der Waals surface area (Å²) in [5, 5.41) is 3.15. The average molecular weight is 338 g/mol. The molecule has 0 bridgehead atoms. The normalized spacial score (nSPS) is 17.0. The number of hydrogen-bond acceptors (Lipinski definition) is 4. The molecule has 0 radical (unpaired) electrons. The van der Waals surface area contributed by atoms with Crippen LogP contribution >= 0.6 is 0 Å². The second-order valence-electron chi connectivity index (χ2n) is 5.95. The summed E-state index contributed by atoms with van der Waals surface area (Å²) in [5.41, 5.74) is 2.59. The van der Waals surface area contributed by atoms with Gasteiger partial charge in [-0.05, 0) is 55.3 Å². The predicted molar refractivity (Wildman–Crippen MR) is 98.0 cm³/mol. The Morgan fingerprint density at radius 3 is 2.32 bits per heavy atom. The van der Waals surface area contributed by atoms with E-state index in [-0.39, 0.29) is 18.2 Å². The average Bonchev–Trinajstić information content (AvgIpc) is 2.90. The Hall–Kier alpha value is -2.82. The second-order valence-corrected chi connectivity index (χ2v) is 5.95. The van der Waals surface area contributed by atoms with Gasteiger partial charge in [0, 0.05) is 5.69 Å². The monoisotopic (exact) mass is 338 g/mol. The fourth-order valence-corrected chi connectivity index (χ4v) is 2.91. The van der Waals surface area contributed by atoms with E-state index in [9.17, 15) is 9.59 Å². The summed E-state index contributed by atoms with van der Waals surface area (Å²) in [6.45, 7) is 4.60. The Morgan fingerprint density at radius 2 is 1.72 bits per heavy atom. The maximum absolute atomic E-state index is 12.7. The zero-order valence-corrected chi connectivity index (χ0v) is 14.5. The van der Waals surface area contributed by atoms with Crippen LogP contribution in [0.1, 0.15) is 25.8 Å². The Bertz CT molecular complexity index is 754. The maximum Gasteiger partial charge on any atom is 0.256 e. The van der Waals surface area contributed by atoms with E-state index in [1.807, 2.05) is 55.5 Å². The van der Waals surface area contributed by atoms with Crippen molar-refractivity contribution in [2.24, 2.45) is 0 Å². The first-order valence-corrected chi connectivity index (χ1v) is 8.57. The molecule has 1 aliphatic rings. The minimum absolute atomic E-state index is 0.154. The van der Waals surface area contributed by atoms with Crippen molar-refractivity contribution in [2.45, 2.75) is 32.7 Å². The number of rotatable bonds is 6. The van der Waals surface area contributed by atoms with Gasteiger partial charge < -0.3 is 10.1 Å². The predicted octanol–water partition coefficient (Wildman–Crippen LogP) is 3.39. The molecule has 1 saturated heterocycles. The molecule has 25 heavy (non-hydrogen) atoms. The van der Waals surface area contributed by atoms with E-state index in [0.29, 0.717) is 12.3 Å². The highest BCUT2D eigenvalue weighted by Crippen LogP contribution is 2.26. The SMILES string of the molecule is CCOc1ccc(N[C@@H]2CC(=O)N(c3ccc(CC)cc3)C2=O)cc1. The van der Waals surface area contributed by atoms with Gasteiger partial charge in [0.15, 0.2) is 0 Å². The van der Waals surface area contributed by atoms with Crippen LogP contribution in [0.5, 0.6) is 5.75 Å². The molecule has 2 aromatic rings. The van der Waals surface area contributed by atoms with Crippen molar-refractivity contribution in [3.8, 4) is 5.75 Å². The first-order valence-electron chi connectivity index (χ1n) is 8.57. The first kappa shape index (κ1) is 17.0. The third-order valence-electron chi connectivity index (χ3n) is 4.26. The minimum atomic E-state index is -0.545. The molecule has 1 N–H and O–H groups in total. The van der Waals surface area contributed by atoms with Crippen LogP contribution < -0.4 is 15.0 Å².